The number of hydrogen-bond acceptors (Lipinski definition) is 2. The minimum Gasteiger partial charge on any atom is -0.492 e. The second kappa shape index (κ2) is 4.34. The molecule has 0 spiro atoms. The lowest BCUT2D eigenvalue weighted by atomic mass is 9.95. The third-order valence-electron chi connectivity index (χ3n) is 2.20. The van der Waals surface area contributed by atoms with E-state index in [1.165, 1.54) is 0 Å². The number of benzene rings is 1. The number of hydrogen-bond donors (Lipinski definition) is 1. The fourth-order valence-electron chi connectivity index (χ4n) is 0.960. The number of carboxylic acids is 1. The molecule has 82 valence electrons. The molecule has 0 saturated carbocycles. The van der Waals surface area contributed by atoms with Gasteiger partial charge >= 0.3 is 5.97 Å². The van der Waals surface area contributed by atoms with Gasteiger partial charge in [-0.25, -0.2) is 0 Å². The van der Waals surface area contributed by atoms with E-state index in [4.69, 9.17) is 9.84 Å². The van der Waals surface area contributed by atoms with E-state index in [0.29, 0.717) is 5.75 Å². The Labute approximate surface area is 89.7 Å². The van der Waals surface area contributed by atoms with Crippen molar-refractivity contribution in [3.8, 4) is 5.75 Å². The average Bonchev–Trinajstić information content (AvgIpc) is 2.17. The molecule has 1 rings (SSSR count). The predicted octanol–water partition coefficient (Wildman–Crippen LogP) is 2.48. The molecule has 3 nitrogen and oxygen atoms in total. The van der Waals surface area contributed by atoms with Crippen molar-refractivity contribution in [3.63, 3.8) is 0 Å². The Hall–Kier alpha value is -1.51. The van der Waals surface area contributed by atoms with E-state index in [1.54, 1.807) is 13.8 Å². The standard InChI is InChI=1S/C12H16O3/c1-9-4-6-10(7-5-9)15-8-12(2,3)11(13)14/h4-7H,8H2,1-3H3,(H,13,14). The van der Waals surface area contributed by atoms with Crippen molar-refractivity contribution in [2.24, 2.45) is 5.41 Å². The summed E-state index contributed by atoms with van der Waals surface area (Å²) < 4.78 is 5.41. The van der Waals surface area contributed by atoms with Crippen molar-refractivity contribution in [2.45, 2.75) is 20.8 Å². The van der Waals surface area contributed by atoms with Crippen molar-refractivity contribution in [3.05, 3.63) is 29.8 Å². The molecule has 3 heteroatoms. The molecular weight excluding hydrogens is 192 g/mol. The van der Waals surface area contributed by atoms with Gasteiger partial charge in [-0.05, 0) is 32.9 Å². The van der Waals surface area contributed by atoms with Crippen LogP contribution in [0.4, 0.5) is 0 Å². The second-order valence-electron chi connectivity index (χ2n) is 4.29. The van der Waals surface area contributed by atoms with Crippen LogP contribution in [-0.2, 0) is 4.79 Å². The summed E-state index contributed by atoms with van der Waals surface area (Å²) in [6, 6.07) is 7.55. The van der Waals surface area contributed by atoms with Crippen LogP contribution < -0.4 is 4.74 Å². The summed E-state index contributed by atoms with van der Waals surface area (Å²) in [5.74, 6) is -0.149. The van der Waals surface area contributed by atoms with Crippen molar-refractivity contribution in [1.82, 2.24) is 0 Å². The Bertz CT molecular complexity index is 338. The summed E-state index contributed by atoms with van der Waals surface area (Å²) >= 11 is 0. The zero-order valence-corrected chi connectivity index (χ0v) is 9.28. The normalized spacial score (nSPS) is 11.1. The summed E-state index contributed by atoms with van der Waals surface area (Å²) in [5.41, 5.74) is 0.296. The Morgan fingerprint density at radius 2 is 1.87 bits per heavy atom. The number of carboxylic acid groups (broad SMARTS) is 1. The lowest BCUT2D eigenvalue weighted by molar-refractivity contribution is -0.148. The van der Waals surface area contributed by atoms with Gasteiger partial charge in [-0.2, -0.15) is 0 Å². The Morgan fingerprint density at radius 1 is 1.33 bits per heavy atom. The molecule has 0 aliphatic heterocycles. The first-order valence-corrected chi connectivity index (χ1v) is 4.85. The highest BCUT2D eigenvalue weighted by Crippen LogP contribution is 2.19. The van der Waals surface area contributed by atoms with E-state index >= 15 is 0 Å². The molecule has 1 N–H and O–H groups in total. The highest BCUT2D eigenvalue weighted by Gasteiger charge is 2.27. The topological polar surface area (TPSA) is 46.5 Å². The molecule has 0 saturated heterocycles. The van der Waals surface area contributed by atoms with Crippen LogP contribution in [0.15, 0.2) is 24.3 Å². The Morgan fingerprint density at radius 3 is 2.33 bits per heavy atom. The van der Waals surface area contributed by atoms with E-state index in [-0.39, 0.29) is 6.61 Å². The van der Waals surface area contributed by atoms with Gasteiger partial charge in [0.2, 0.25) is 0 Å². The van der Waals surface area contributed by atoms with Gasteiger partial charge < -0.3 is 9.84 Å². The Balaban J connectivity index is 2.57. The first kappa shape index (κ1) is 11.6. The average molecular weight is 208 g/mol. The molecule has 0 aliphatic rings. The number of aryl methyl sites for hydroxylation is 1. The van der Waals surface area contributed by atoms with Crippen LogP contribution in [0.5, 0.6) is 5.75 Å². The van der Waals surface area contributed by atoms with Crippen LogP contribution in [0.25, 0.3) is 0 Å². The van der Waals surface area contributed by atoms with Gasteiger partial charge in [0.1, 0.15) is 12.4 Å². The van der Waals surface area contributed by atoms with Crippen LogP contribution in [0, 0.1) is 12.3 Å². The molecule has 0 unspecified atom stereocenters. The van der Waals surface area contributed by atoms with E-state index in [9.17, 15) is 4.79 Å². The number of aliphatic carboxylic acids is 1. The lowest BCUT2D eigenvalue weighted by Gasteiger charge is -2.19. The molecule has 0 aromatic heterocycles. The minimum atomic E-state index is -0.856. The Kier molecular flexibility index (Phi) is 3.35. The predicted molar refractivity (Wildman–Crippen MR) is 58.1 cm³/mol. The van der Waals surface area contributed by atoms with Gasteiger partial charge in [0.25, 0.3) is 0 Å². The molecule has 1 aromatic rings. The first-order chi connectivity index (χ1) is 6.92. The SMILES string of the molecule is Cc1ccc(OCC(C)(C)C(=O)O)cc1. The van der Waals surface area contributed by atoms with Crippen LogP contribution in [0.3, 0.4) is 0 Å². The highest BCUT2D eigenvalue weighted by molar-refractivity contribution is 5.73. The van der Waals surface area contributed by atoms with Crippen molar-refractivity contribution >= 4 is 5.97 Å². The maximum atomic E-state index is 10.8. The van der Waals surface area contributed by atoms with Crippen LogP contribution in [0.2, 0.25) is 0 Å². The number of rotatable bonds is 4. The lowest BCUT2D eigenvalue weighted by Crippen LogP contribution is -2.30. The zero-order chi connectivity index (χ0) is 11.5. The molecule has 0 amide bonds. The van der Waals surface area contributed by atoms with E-state index in [0.717, 1.165) is 5.56 Å². The largest absolute Gasteiger partial charge is 0.492 e. The summed E-state index contributed by atoms with van der Waals surface area (Å²) in [5, 5.41) is 8.88. The molecule has 0 radical (unpaired) electrons. The fraction of sp³-hybridized carbons (Fsp3) is 0.417. The van der Waals surface area contributed by atoms with Gasteiger partial charge in [0.05, 0.1) is 5.41 Å². The molecule has 15 heavy (non-hydrogen) atoms. The van der Waals surface area contributed by atoms with Crippen molar-refractivity contribution in [1.29, 1.82) is 0 Å². The number of ether oxygens (including phenoxy) is 1. The van der Waals surface area contributed by atoms with Gasteiger partial charge in [-0.15, -0.1) is 0 Å². The van der Waals surface area contributed by atoms with Crippen molar-refractivity contribution in [2.75, 3.05) is 6.61 Å². The molecule has 0 fully saturated rings. The monoisotopic (exact) mass is 208 g/mol. The third kappa shape index (κ3) is 3.27. The first-order valence-electron chi connectivity index (χ1n) is 4.85. The smallest absolute Gasteiger partial charge is 0.312 e. The van der Waals surface area contributed by atoms with E-state index in [1.807, 2.05) is 31.2 Å². The van der Waals surface area contributed by atoms with Gasteiger partial charge in [-0.3, -0.25) is 4.79 Å². The van der Waals surface area contributed by atoms with Crippen LogP contribution in [0.1, 0.15) is 19.4 Å². The molecule has 0 bridgehead atoms. The maximum absolute atomic E-state index is 10.8. The summed E-state index contributed by atoms with van der Waals surface area (Å²) in [6.07, 6.45) is 0. The molecule has 0 atom stereocenters. The summed E-state index contributed by atoms with van der Waals surface area (Å²) in [7, 11) is 0. The maximum Gasteiger partial charge on any atom is 0.312 e. The van der Waals surface area contributed by atoms with E-state index in [2.05, 4.69) is 0 Å². The minimum absolute atomic E-state index is 0.172. The molecule has 0 aliphatic carbocycles. The van der Waals surface area contributed by atoms with Gasteiger partial charge in [0, 0.05) is 0 Å². The highest BCUT2D eigenvalue weighted by atomic mass is 16.5. The number of carbonyl (C=O) groups is 1. The summed E-state index contributed by atoms with van der Waals surface area (Å²) in [6.45, 7) is 5.45. The van der Waals surface area contributed by atoms with E-state index < -0.39 is 11.4 Å². The van der Waals surface area contributed by atoms with Crippen LogP contribution >= 0.6 is 0 Å². The molecule has 0 heterocycles. The van der Waals surface area contributed by atoms with Gasteiger partial charge in [0.15, 0.2) is 0 Å². The van der Waals surface area contributed by atoms with Crippen LogP contribution in [-0.4, -0.2) is 17.7 Å². The zero-order valence-electron chi connectivity index (χ0n) is 9.28. The fourth-order valence-corrected chi connectivity index (χ4v) is 0.960. The van der Waals surface area contributed by atoms with Gasteiger partial charge in [-0.1, -0.05) is 17.7 Å². The van der Waals surface area contributed by atoms with Crippen molar-refractivity contribution < 1.29 is 14.6 Å². The quantitative estimate of drug-likeness (QED) is 0.826. The summed E-state index contributed by atoms with van der Waals surface area (Å²) in [4.78, 5) is 10.8. The second-order valence-corrected chi connectivity index (χ2v) is 4.29. The molecule has 1 aromatic carbocycles. The third-order valence-corrected chi connectivity index (χ3v) is 2.20. The molecular formula is C12H16O3.